The molecule has 0 saturated carbocycles. The van der Waals surface area contributed by atoms with E-state index in [1.54, 1.807) is 7.11 Å². The maximum absolute atomic E-state index is 12.4. The minimum atomic E-state index is -1.17. The zero-order valence-electron chi connectivity index (χ0n) is 16.0. The topological polar surface area (TPSA) is 53.0 Å². The van der Waals surface area contributed by atoms with Gasteiger partial charge in [-0.15, -0.1) is 0 Å². The van der Waals surface area contributed by atoms with Gasteiger partial charge >= 0.3 is 0 Å². The van der Waals surface area contributed by atoms with E-state index >= 15 is 0 Å². The summed E-state index contributed by atoms with van der Waals surface area (Å²) in [5.41, 5.74) is 2.25. The molecule has 146 valence electrons. The van der Waals surface area contributed by atoms with Crippen molar-refractivity contribution in [3.05, 3.63) is 54.1 Å². The number of anilines is 1. The summed E-state index contributed by atoms with van der Waals surface area (Å²) >= 11 is 0. The lowest BCUT2D eigenvalue weighted by Crippen LogP contribution is -2.49. The number of methoxy groups -OCH3 is 1. The van der Waals surface area contributed by atoms with Crippen LogP contribution in [0.1, 0.15) is 5.56 Å². The molecule has 2 atom stereocenters. The molecule has 6 heteroatoms. The highest BCUT2D eigenvalue weighted by atomic mass is 32.2. The maximum atomic E-state index is 12.4. The van der Waals surface area contributed by atoms with Crippen LogP contribution in [0.4, 0.5) is 5.69 Å². The zero-order chi connectivity index (χ0) is 19.2. The molecular weight excluding hydrogens is 360 g/mol. The average Bonchev–Trinajstić information content (AvgIpc) is 2.69. The molecule has 1 N–H and O–H groups in total. The molecule has 5 nitrogen and oxygen atoms in total. The molecule has 2 unspecified atom stereocenters. The molecule has 3 rings (SSSR count). The first-order valence-electron chi connectivity index (χ1n) is 9.30. The van der Waals surface area contributed by atoms with Crippen LogP contribution < -0.4 is 9.64 Å². The van der Waals surface area contributed by atoms with Crippen molar-refractivity contribution in [2.45, 2.75) is 17.9 Å². The molecule has 0 amide bonds. The second-order valence-electron chi connectivity index (χ2n) is 6.94. The first-order chi connectivity index (χ1) is 13.1. The fourth-order valence-electron chi connectivity index (χ4n) is 3.37. The molecule has 1 aliphatic rings. The van der Waals surface area contributed by atoms with Gasteiger partial charge in [0.25, 0.3) is 0 Å². The van der Waals surface area contributed by atoms with E-state index in [0.717, 1.165) is 48.1 Å². The summed E-state index contributed by atoms with van der Waals surface area (Å²) in [6.45, 7) is 6.06. The van der Waals surface area contributed by atoms with Crippen LogP contribution >= 0.6 is 0 Å². The van der Waals surface area contributed by atoms with Crippen LogP contribution in [0.15, 0.2) is 53.4 Å². The summed E-state index contributed by atoms with van der Waals surface area (Å²) in [4.78, 5) is 5.33. The van der Waals surface area contributed by atoms with Gasteiger partial charge in [0.05, 0.1) is 35.5 Å². The Labute approximate surface area is 164 Å². The van der Waals surface area contributed by atoms with Crippen molar-refractivity contribution < 1.29 is 14.1 Å². The van der Waals surface area contributed by atoms with Gasteiger partial charge in [-0.2, -0.15) is 0 Å². The number of benzene rings is 2. The lowest BCUT2D eigenvalue weighted by molar-refractivity contribution is 0.125. The normalized spacial score (nSPS) is 17.5. The summed E-state index contributed by atoms with van der Waals surface area (Å²) in [6, 6.07) is 15.7. The number of rotatable bonds is 7. The first kappa shape index (κ1) is 19.9. The second-order valence-corrected chi connectivity index (χ2v) is 8.43. The van der Waals surface area contributed by atoms with Crippen LogP contribution in [-0.4, -0.2) is 65.9 Å². The Balaban J connectivity index is 1.48. The molecule has 2 aromatic carbocycles. The van der Waals surface area contributed by atoms with Crippen LogP contribution in [0.5, 0.6) is 5.75 Å². The largest absolute Gasteiger partial charge is 0.495 e. The third-order valence-electron chi connectivity index (χ3n) is 4.89. The number of aliphatic hydroxyl groups is 1. The number of ether oxygens (including phenoxy) is 1. The van der Waals surface area contributed by atoms with Crippen molar-refractivity contribution in [2.75, 3.05) is 50.5 Å². The third-order valence-corrected chi connectivity index (χ3v) is 6.38. The predicted octanol–water partition coefficient (Wildman–Crippen LogP) is 2.29. The molecule has 27 heavy (non-hydrogen) atoms. The summed E-state index contributed by atoms with van der Waals surface area (Å²) in [7, 11) is 0.523. The smallest absolute Gasteiger partial charge is 0.142 e. The number of hydrogen-bond donors (Lipinski definition) is 1. The lowest BCUT2D eigenvalue weighted by atomic mass is 10.2. The number of β-amino-alcohol motifs (C(OH)–C–C–N with tert-alkyl or cyclic N) is 1. The molecule has 2 aromatic rings. The Morgan fingerprint density at radius 3 is 2.41 bits per heavy atom. The monoisotopic (exact) mass is 388 g/mol. The number of hydrogen-bond acceptors (Lipinski definition) is 5. The minimum absolute atomic E-state index is 0.274. The number of piperazine rings is 1. The molecule has 0 aliphatic carbocycles. The van der Waals surface area contributed by atoms with Crippen molar-refractivity contribution in [3.63, 3.8) is 0 Å². The van der Waals surface area contributed by atoms with Crippen LogP contribution in [-0.2, 0) is 10.8 Å². The zero-order valence-corrected chi connectivity index (χ0v) is 16.8. The first-order valence-corrected chi connectivity index (χ1v) is 10.6. The van der Waals surface area contributed by atoms with Crippen molar-refractivity contribution >= 4 is 16.5 Å². The Bertz CT molecular complexity index is 758. The van der Waals surface area contributed by atoms with E-state index in [2.05, 4.69) is 15.9 Å². The van der Waals surface area contributed by atoms with Gasteiger partial charge in [-0.1, -0.05) is 29.8 Å². The molecule has 1 saturated heterocycles. The van der Waals surface area contributed by atoms with Crippen LogP contribution in [0.3, 0.4) is 0 Å². The van der Waals surface area contributed by atoms with E-state index in [4.69, 9.17) is 4.74 Å². The Morgan fingerprint density at radius 1 is 1.07 bits per heavy atom. The van der Waals surface area contributed by atoms with E-state index in [1.807, 2.05) is 49.4 Å². The molecule has 0 bridgehead atoms. The molecule has 0 radical (unpaired) electrons. The van der Waals surface area contributed by atoms with E-state index < -0.39 is 16.9 Å². The van der Waals surface area contributed by atoms with Gasteiger partial charge in [0.1, 0.15) is 5.75 Å². The summed E-state index contributed by atoms with van der Waals surface area (Å²) in [6.07, 6.45) is -0.593. The fourth-order valence-corrected chi connectivity index (χ4v) is 4.46. The lowest BCUT2D eigenvalue weighted by Gasteiger charge is -2.37. The highest BCUT2D eigenvalue weighted by molar-refractivity contribution is 7.85. The van der Waals surface area contributed by atoms with Crippen LogP contribution in [0, 0.1) is 6.92 Å². The predicted molar refractivity (Wildman–Crippen MR) is 110 cm³/mol. The number of para-hydroxylation sites is 2. The summed E-state index contributed by atoms with van der Waals surface area (Å²) < 4.78 is 17.9. The fraction of sp³-hybridized carbons (Fsp3) is 0.429. The third kappa shape index (κ3) is 5.31. The van der Waals surface area contributed by atoms with Gasteiger partial charge in [0.15, 0.2) is 0 Å². The quantitative estimate of drug-likeness (QED) is 0.789. The van der Waals surface area contributed by atoms with Gasteiger partial charge in [0.2, 0.25) is 0 Å². The van der Waals surface area contributed by atoms with E-state index in [9.17, 15) is 9.32 Å². The van der Waals surface area contributed by atoms with E-state index in [0.29, 0.717) is 6.54 Å². The SMILES string of the molecule is COc1ccccc1N1CCN(CC(O)CS(=O)c2ccc(C)cc2)CC1. The molecule has 0 aromatic heterocycles. The molecule has 1 aliphatic heterocycles. The van der Waals surface area contributed by atoms with Crippen molar-refractivity contribution in [1.29, 1.82) is 0 Å². The second kappa shape index (κ2) is 9.35. The number of nitrogens with zero attached hydrogens (tertiary/aromatic N) is 2. The molecule has 1 heterocycles. The van der Waals surface area contributed by atoms with Gasteiger partial charge in [0, 0.05) is 37.6 Å². The van der Waals surface area contributed by atoms with Crippen molar-refractivity contribution in [3.8, 4) is 5.75 Å². The van der Waals surface area contributed by atoms with Crippen molar-refractivity contribution in [1.82, 2.24) is 4.90 Å². The molecule has 0 spiro atoms. The van der Waals surface area contributed by atoms with Gasteiger partial charge < -0.3 is 14.7 Å². The number of aryl methyl sites for hydroxylation is 1. The summed E-state index contributed by atoms with van der Waals surface area (Å²) in [5.74, 6) is 1.16. The van der Waals surface area contributed by atoms with Crippen LogP contribution in [0.25, 0.3) is 0 Å². The van der Waals surface area contributed by atoms with Gasteiger partial charge in [-0.3, -0.25) is 9.11 Å². The number of aliphatic hydroxyl groups excluding tert-OH is 1. The maximum Gasteiger partial charge on any atom is 0.142 e. The molecule has 1 fully saturated rings. The Kier molecular flexibility index (Phi) is 6.88. The minimum Gasteiger partial charge on any atom is -0.495 e. The highest BCUT2D eigenvalue weighted by Crippen LogP contribution is 2.28. The standard InChI is InChI=1S/C21H28N2O3S/c1-17-7-9-19(10-8-17)27(25)16-18(24)15-22-11-13-23(14-12-22)20-5-3-4-6-21(20)26-2/h3-10,18,24H,11-16H2,1-2H3. The highest BCUT2D eigenvalue weighted by Gasteiger charge is 2.22. The Morgan fingerprint density at radius 2 is 1.74 bits per heavy atom. The van der Waals surface area contributed by atoms with Crippen molar-refractivity contribution in [2.24, 2.45) is 0 Å². The molecular formula is C21H28N2O3S. The summed E-state index contributed by atoms with van der Waals surface area (Å²) in [5, 5.41) is 10.4. The van der Waals surface area contributed by atoms with Gasteiger partial charge in [-0.05, 0) is 31.2 Å². The Hall–Kier alpha value is -1.89. The van der Waals surface area contributed by atoms with Gasteiger partial charge in [-0.25, -0.2) is 0 Å². The van der Waals surface area contributed by atoms with E-state index in [1.165, 1.54) is 0 Å². The van der Waals surface area contributed by atoms with E-state index in [-0.39, 0.29) is 5.75 Å². The average molecular weight is 389 g/mol. The van der Waals surface area contributed by atoms with Crippen LogP contribution in [0.2, 0.25) is 0 Å².